The summed E-state index contributed by atoms with van der Waals surface area (Å²) in [5.74, 6) is 0.356. The number of hydrogen-bond acceptors (Lipinski definition) is 4. The van der Waals surface area contributed by atoms with E-state index in [2.05, 4.69) is 10.3 Å². The van der Waals surface area contributed by atoms with Crippen LogP contribution in [0, 0.1) is 0 Å². The maximum Gasteiger partial charge on any atom is 0.242 e. The number of rotatable bonds is 3. The van der Waals surface area contributed by atoms with E-state index in [1.165, 1.54) is 6.20 Å². The van der Waals surface area contributed by atoms with Crippen molar-refractivity contribution in [1.82, 2.24) is 9.88 Å². The van der Waals surface area contributed by atoms with Crippen LogP contribution in [0.4, 0.5) is 5.82 Å². The Hall–Kier alpha value is -1.17. The van der Waals surface area contributed by atoms with E-state index in [-0.39, 0.29) is 18.1 Å². The highest BCUT2D eigenvalue weighted by Crippen LogP contribution is 2.14. The Morgan fingerprint density at radius 1 is 1.67 bits per heavy atom. The van der Waals surface area contributed by atoms with Crippen molar-refractivity contribution < 1.29 is 9.90 Å². The Balaban J connectivity index is 1.93. The molecule has 0 bridgehead atoms. The molecule has 1 saturated heterocycles. The van der Waals surface area contributed by atoms with Crippen LogP contribution in [-0.2, 0) is 4.79 Å². The Morgan fingerprint density at radius 3 is 3.00 bits per heavy atom. The molecule has 18 heavy (non-hydrogen) atoms. The predicted octanol–water partition coefficient (Wildman–Crippen LogP) is 1.13. The Bertz CT molecular complexity index is 424. The third-order valence-electron chi connectivity index (χ3n) is 3.10. The molecule has 0 saturated carbocycles. The summed E-state index contributed by atoms with van der Waals surface area (Å²) in [6.45, 7) is 3.11. The van der Waals surface area contributed by atoms with E-state index < -0.39 is 0 Å². The van der Waals surface area contributed by atoms with E-state index >= 15 is 0 Å². The van der Waals surface area contributed by atoms with E-state index in [1.54, 1.807) is 12.1 Å². The van der Waals surface area contributed by atoms with Crippen LogP contribution in [0.2, 0.25) is 5.02 Å². The minimum Gasteiger partial charge on any atom is -0.392 e. The molecule has 98 valence electrons. The topological polar surface area (TPSA) is 65.5 Å². The molecule has 0 spiro atoms. The summed E-state index contributed by atoms with van der Waals surface area (Å²) in [5.41, 5.74) is 0. The van der Waals surface area contributed by atoms with Crippen LogP contribution in [0.1, 0.15) is 13.3 Å². The van der Waals surface area contributed by atoms with Crippen molar-refractivity contribution in [1.29, 1.82) is 0 Å². The molecule has 1 aromatic rings. The molecular formula is C12H16ClN3O2. The van der Waals surface area contributed by atoms with Gasteiger partial charge in [0.15, 0.2) is 0 Å². The second-order valence-electron chi connectivity index (χ2n) is 4.46. The van der Waals surface area contributed by atoms with Gasteiger partial charge in [0, 0.05) is 19.3 Å². The van der Waals surface area contributed by atoms with Crippen LogP contribution in [0.3, 0.4) is 0 Å². The molecule has 0 aromatic carbocycles. The van der Waals surface area contributed by atoms with E-state index in [4.69, 9.17) is 11.6 Å². The van der Waals surface area contributed by atoms with Gasteiger partial charge in [0.2, 0.25) is 5.91 Å². The molecule has 0 aliphatic carbocycles. The van der Waals surface area contributed by atoms with Crippen molar-refractivity contribution in [2.75, 3.05) is 18.4 Å². The van der Waals surface area contributed by atoms with Gasteiger partial charge in [0.05, 0.1) is 17.2 Å². The number of aliphatic hydroxyl groups is 1. The minimum atomic E-state index is -0.325. The highest BCUT2D eigenvalue weighted by Gasteiger charge is 2.28. The third kappa shape index (κ3) is 3.19. The van der Waals surface area contributed by atoms with Gasteiger partial charge in [-0.15, -0.1) is 0 Å². The molecular weight excluding hydrogens is 254 g/mol. The molecule has 2 rings (SSSR count). The number of likely N-dealkylation sites (tertiary alicyclic amines) is 1. The average molecular weight is 270 g/mol. The van der Waals surface area contributed by atoms with E-state index in [0.717, 1.165) is 13.0 Å². The molecule has 1 aliphatic heterocycles. The fraction of sp³-hybridized carbons (Fsp3) is 0.500. The van der Waals surface area contributed by atoms with Crippen molar-refractivity contribution in [3.63, 3.8) is 0 Å². The molecule has 1 amide bonds. The first-order valence-corrected chi connectivity index (χ1v) is 6.28. The number of pyridine rings is 1. The fourth-order valence-electron chi connectivity index (χ4n) is 1.97. The van der Waals surface area contributed by atoms with Crippen molar-refractivity contribution >= 4 is 23.3 Å². The number of aliphatic hydroxyl groups excluding tert-OH is 1. The molecule has 2 unspecified atom stereocenters. The fourth-order valence-corrected chi connectivity index (χ4v) is 2.08. The van der Waals surface area contributed by atoms with Gasteiger partial charge < -0.3 is 10.4 Å². The Kier molecular flexibility index (Phi) is 4.16. The zero-order valence-electron chi connectivity index (χ0n) is 10.1. The first kappa shape index (κ1) is 13.3. The number of β-amino-alcohol motifs (C(OH)–C–C–N with tert-alkyl or cyclic N) is 1. The van der Waals surface area contributed by atoms with Gasteiger partial charge in [-0.2, -0.15) is 0 Å². The van der Waals surface area contributed by atoms with Crippen molar-refractivity contribution in [2.45, 2.75) is 25.5 Å². The lowest BCUT2D eigenvalue weighted by atomic mass is 10.2. The highest BCUT2D eigenvalue weighted by molar-refractivity contribution is 6.30. The molecule has 5 nitrogen and oxygen atoms in total. The number of nitrogens with zero attached hydrogens (tertiary/aromatic N) is 2. The average Bonchev–Trinajstić information content (AvgIpc) is 2.78. The maximum absolute atomic E-state index is 12.0. The molecule has 2 N–H and O–H groups in total. The quantitative estimate of drug-likeness (QED) is 0.863. The van der Waals surface area contributed by atoms with Crippen LogP contribution < -0.4 is 5.32 Å². The van der Waals surface area contributed by atoms with Gasteiger partial charge in [-0.25, -0.2) is 4.98 Å². The van der Waals surface area contributed by atoms with Gasteiger partial charge in [0.25, 0.3) is 0 Å². The Morgan fingerprint density at radius 2 is 2.44 bits per heavy atom. The van der Waals surface area contributed by atoms with Crippen LogP contribution in [0.5, 0.6) is 0 Å². The predicted molar refractivity (Wildman–Crippen MR) is 69.5 cm³/mol. The number of anilines is 1. The molecule has 1 aliphatic rings. The van der Waals surface area contributed by atoms with Crippen molar-refractivity contribution in [3.8, 4) is 0 Å². The zero-order chi connectivity index (χ0) is 13.1. The van der Waals surface area contributed by atoms with E-state index in [1.807, 2.05) is 11.8 Å². The largest absolute Gasteiger partial charge is 0.392 e. The lowest BCUT2D eigenvalue weighted by Gasteiger charge is -2.22. The molecule has 0 radical (unpaired) electrons. The number of nitrogens with one attached hydrogen (secondary N) is 1. The first-order valence-electron chi connectivity index (χ1n) is 5.91. The summed E-state index contributed by atoms with van der Waals surface area (Å²) in [5, 5.41) is 12.7. The summed E-state index contributed by atoms with van der Waals surface area (Å²) in [6.07, 6.45) is 1.88. The van der Waals surface area contributed by atoms with Crippen LogP contribution in [0.15, 0.2) is 18.3 Å². The molecule has 1 aromatic heterocycles. The van der Waals surface area contributed by atoms with Gasteiger partial charge in [-0.1, -0.05) is 11.6 Å². The monoisotopic (exact) mass is 269 g/mol. The second kappa shape index (κ2) is 5.65. The van der Waals surface area contributed by atoms with Crippen LogP contribution >= 0.6 is 11.6 Å². The minimum absolute atomic E-state index is 0.126. The number of carbonyl (C=O) groups excluding carboxylic acids is 1. The number of carbonyl (C=O) groups is 1. The Labute approximate surface area is 111 Å². The lowest BCUT2D eigenvalue weighted by molar-refractivity contribution is -0.120. The van der Waals surface area contributed by atoms with E-state index in [0.29, 0.717) is 17.4 Å². The van der Waals surface area contributed by atoms with E-state index in [9.17, 15) is 9.90 Å². The van der Waals surface area contributed by atoms with Gasteiger partial charge in [-0.05, 0) is 25.5 Å². The summed E-state index contributed by atoms with van der Waals surface area (Å²) in [6, 6.07) is 3.06. The molecule has 2 heterocycles. The second-order valence-corrected chi connectivity index (χ2v) is 4.90. The molecule has 6 heteroatoms. The summed E-state index contributed by atoms with van der Waals surface area (Å²) in [7, 11) is 0. The third-order valence-corrected chi connectivity index (χ3v) is 3.32. The van der Waals surface area contributed by atoms with Crippen LogP contribution in [0.25, 0.3) is 0 Å². The molecule has 2 atom stereocenters. The number of halogens is 1. The number of hydrogen-bond donors (Lipinski definition) is 2. The molecule has 1 fully saturated rings. The lowest BCUT2D eigenvalue weighted by Crippen LogP contribution is -2.41. The van der Waals surface area contributed by atoms with Gasteiger partial charge in [0.1, 0.15) is 5.82 Å². The van der Waals surface area contributed by atoms with Gasteiger partial charge in [-0.3, -0.25) is 9.69 Å². The van der Waals surface area contributed by atoms with Crippen LogP contribution in [-0.4, -0.2) is 46.1 Å². The zero-order valence-corrected chi connectivity index (χ0v) is 10.9. The SMILES string of the molecule is CC(C(=O)Nc1ccc(Cl)cn1)N1CCC(O)C1. The van der Waals surface area contributed by atoms with Crippen molar-refractivity contribution in [3.05, 3.63) is 23.4 Å². The number of aromatic nitrogens is 1. The summed E-state index contributed by atoms with van der Waals surface area (Å²) >= 11 is 5.72. The normalized spacial score (nSPS) is 21.8. The highest BCUT2D eigenvalue weighted by atomic mass is 35.5. The first-order chi connectivity index (χ1) is 8.56. The number of amides is 1. The smallest absolute Gasteiger partial charge is 0.242 e. The standard InChI is InChI=1S/C12H16ClN3O2/c1-8(16-5-4-10(17)7-16)12(18)15-11-3-2-9(13)6-14-11/h2-3,6,8,10,17H,4-5,7H2,1H3,(H,14,15,18). The van der Waals surface area contributed by atoms with Gasteiger partial charge >= 0.3 is 0 Å². The summed E-state index contributed by atoms with van der Waals surface area (Å²) in [4.78, 5) is 17.9. The summed E-state index contributed by atoms with van der Waals surface area (Å²) < 4.78 is 0. The van der Waals surface area contributed by atoms with Crippen molar-refractivity contribution in [2.24, 2.45) is 0 Å². The maximum atomic E-state index is 12.0.